The molecule has 4 rings (SSSR count). The van der Waals surface area contributed by atoms with Gasteiger partial charge in [-0.15, -0.1) is 11.3 Å². The van der Waals surface area contributed by atoms with E-state index in [1.54, 1.807) is 25.1 Å². The van der Waals surface area contributed by atoms with Gasteiger partial charge in [-0.25, -0.2) is 4.79 Å². The highest BCUT2D eigenvalue weighted by Gasteiger charge is 2.19. The maximum Gasteiger partial charge on any atom is 0.349 e. The van der Waals surface area contributed by atoms with Crippen LogP contribution in [0.5, 0.6) is 0 Å². The van der Waals surface area contributed by atoms with Gasteiger partial charge in [0.25, 0.3) is 11.8 Å². The van der Waals surface area contributed by atoms with Crippen molar-refractivity contribution in [1.29, 1.82) is 0 Å². The van der Waals surface area contributed by atoms with E-state index in [9.17, 15) is 14.4 Å². The lowest BCUT2D eigenvalue weighted by molar-refractivity contribution is -0.119. The molecule has 1 aliphatic rings. The minimum atomic E-state index is -0.622. The molecule has 0 atom stereocenters. The molecule has 2 N–H and O–H groups in total. The van der Waals surface area contributed by atoms with Crippen LogP contribution in [0.1, 0.15) is 32.7 Å². The zero-order chi connectivity index (χ0) is 24.8. The van der Waals surface area contributed by atoms with Gasteiger partial charge in [0.15, 0.2) is 12.4 Å². The van der Waals surface area contributed by atoms with Gasteiger partial charge in [-0.1, -0.05) is 6.92 Å². The first-order valence-corrected chi connectivity index (χ1v) is 12.2. The minimum Gasteiger partial charge on any atom is -0.459 e. The maximum atomic E-state index is 12.5. The topological polar surface area (TPSA) is 104 Å². The Bertz CT molecular complexity index is 1170. The van der Waals surface area contributed by atoms with E-state index in [0.29, 0.717) is 21.1 Å². The highest BCUT2D eigenvalue weighted by molar-refractivity contribution is 7.18. The van der Waals surface area contributed by atoms with Gasteiger partial charge < -0.3 is 29.6 Å². The van der Waals surface area contributed by atoms with Crippen molar-refractivity contribution in [2.24, 2.45) is 0 Å². The number of likely N-dealkylation sites (N-methyl/N-ethyl adjacent to an activating group) is 1. The average molecular weight is 497 g/mol. The smallest absolute Gasteiger partial charge is 0.349 e. The van der Waals surface area contributed by atoms with Crippen LogP contribution in [0.25, 0.3) is 0 Å². The normalized spacial score (nSPS) is 13.9. The fraction of sp³-hybridized carbons (Fsp3) is 0.320. The first kappa shape index (κ1) is 24.5. The number of carbonyl (C=O) groups excluding carboxylic acids is 3. The van der Waals surface area contributed by atoms with E-state index in [1.165, 1.54) is 6.26 Å². The number of piperazine rings is 1. The summed E-state index contributed by atoms with van der Waals surface area (Å²) >= 11 is 1.08. The standard InChI is InChI=1S/C25H28N4O5S/c1-3-28-10-12-29(13-11-28)19-8-6-18(7-9-19)26-21(30)16-34-25(32)23-17(2)15-22(35-23)27-24(31)20-5-4-14-33-20/h4-9,14-15H,3,10-13,16H2,1-2H3,(H,26,30)(H,27,31). The van der Waals surface area contributed by atoms with Crippen molar-refractivity contribution in [1.82, 2.24) is 4.90 Å². The molecule has 0 saturated carbocycles. The highest BCUT2D eigenvalue weighted by atomic mass is 32.1. The molecule has 0 spiro atoms. The Hall–Kier alpha value is -3.63. The van der Waals surface area contributed by atoms with Gasteiger partial charge in [0.2, 0.25) is 0 Å². The Balaban J connectivity index is 1.25. The van der Waals surface area contributed by atoms with Crippen molar-refractivity contribution in [2.45, 2.75) is 13.8 Å². The summed E-state index contributed by atoms with van der Waals surface area (Å²) in [6.45, 7) is 8.61. The number of benzene rings is 1. The van der Waals surface area contributed by atoms with E-state index in [1.807, 2.05) is 24.3 Å². The van der Waals surface area contributed by atoms with Crippen molar-refractivity contribution < 1.29 is 23.5 Å². The predicted octanol–water partition coefficient (Wildman–Crippen LogP) is 3.84. The van der Waals surface area contributed by atoms with Crippen molar-refractivity contribution >= 4 is 45.5 Å². The predicted molar refractivity (Wildman–Crippen MR) is 135 cm³/mol. The molecule has 0 radical (unpaired) electrons. The number of hydrogen-bond donors (Lipinski definition) is 2. The Labute approximate surface area is 207 Å². The lowest BCUT2D eigenvalue weighted by Crippen LogP contribution is -2.46. The van der Waals surface area contributed by atoms with Gasteiger partial charge in [0.05, 0.1) is 11.3 Å². The molecule has 1 aromatic carbocycles. The molecule has 0 bridgehead atoms. The van der Waals surface area contributed by atoms with Crippen LogP contribution in [-0.2, 0) is 9.53 Å². The molecular formula is C25H28N4O5S. The van der Waals surface area contributed by atoms with E-state index >= 15 is 0 Å². The van der Waals surface area contributed by atoms with Crippen LogP contribution in [0.15, 0.2) is 53.1 Å². The Morgan fingerprint density at radius 1 is 1.06 bits per heavy atom. The lowest BCUT2D eigenvalue weighted by Gasteiger charge is -2.35. The largest absolute Gasteiger partial charge is 0.459 e. The molecule has 3 aromatic rings. The van der Waals surface area contributed by atoms with Gasteiger partial charge in [0.1, 0.15) is 4.88 Å². The molecule has 35 heavy (non-hydrogen) atoms. The number of nitrogens with one attached hydrogen (secondary N) is 2. The van der Waals surface area contributed by atoms with Gasteiger partial charge in [-0.2, -0.15) is 0 Å². The maximum absolute atomic E-state index is 12.5. The molecule has 3 heterocycles. The lowest BCUT2D eigenvalue weighted by atomic mass is 10.2. The molecule has 1 fully saturated rings. The van der Waals surface area contributed by atoms with Gasteiger partial charge >= 0.3 is 5.97 Å². The fourth-order valence-electron chi connectivity index (χ4n) is 3.80. The molecule has 0 aliphatic carbocycles. The number of anilines is 3. The fourth-order valence-corrected chi connectivity index (χ4v) is 4.76. The molecule has 0 unspecified atom stereocenters. The van der Waals surface area contributed by atoms with Crippen molar-refractivity contribution in [3.8, 4) is 0 Å². The highest BCUT2D eigenvalue weighted by Crippen LogP contribution is 2.28. The number of amides is 2. The molecule has 1 aliphatic heterocycles. The summed E-state index contributed by atoms with van der Waals surface area (Å²) in [4.78, 5) is 42.0. The summed E-state index contributed by atoms with van der Waals surface area (Å²) in [5.74, 6) is -1.29. The number of esters is 1. The summed E-state index contributed by atoms with van der Waals surface area (Å²) in [5, 5.41) is 5.92. The number of thiophene rings is 1. The summed E-state index contributed by atoms with van der Waals surface area (Å²) in [6.07, 6.45) is 1.41. The van der Waals surface area contributed by atoms with Crippen LogP contribution in [0, 0.1) is 6.92 Å². The van der Waals surface area contributed by atoms with E-state index in [2.05, 4.69) is 27.4 Å². The number of carbonyl (C=O) groups is 3. The number of rotatable bonds is 8. The van der Waals surface area contributed by atoms with Crippen LogP contribution < -0.4 is 15.5 Å². The quantitative estimate of drug-likeness (QED) is 0.457. The van der Waals surface area contributed by atoms with E-state index < -0.39 is 24.4 Å². The number of ether oxygens (including phenoxy) is 1. The zero-order valence-corrected chi connectivity index (χ0v) is 20.5. The molecule has 2 aromatic heterocycles. The second-order valence-electron chi connectivity index (χ2n) is 8.15. The first-order chi connectivity index (χ1) is 16.9. The summed E-state index contributed by atoms with van der Waals surface area (Å²) in [5.41, 5.74) is 2.40. The van der Waals surface area contributed by atoms with Crippen LogP contribution >= 0.6 is 11.3 Å². The van der Waals surface area contributed by atoms with Crippen molar-refractivity contribution in [3.05, 3.63) is 64.9 Å². The Morgan fingerprint density at radius 2 is 1.80 bits per heavy atom. The summed E-state index contributed by atoms with van der Waals surface area (Å²) in [6, 6.07) is 12.5. The molecular weight excluding hydrogens is 468 g/mol. The average Bonchev–Trinajstić information content (AvgIpc) is 3.53. The Morgan fingerprint density at radius 3 is 2.46 bits per heavy atom. The first-order valence-electron chi connectivity index (χ1n) is 11.4. The summed E-state index contributed by atoms with van der Waals surface area (Å²) in [7, 11) is 0. The van der Waals surface area contributed by atoms with Crippen LogP contribution in [-0.4, -0.2) is 62.0 Å². The SMILES string of the molecule is CCN1CCN(c2ccc(NC(=O)COC(=O)c3sc(NC(=O)c4ccco4)cc3C)cc2)CC1. The van der Waals surface area contributed by atoms with Gasteiger partial charge in [-0.05, 0) is 61.5 Å². The third-order valence-electron chi connectivity index (χ3n) is 5.75. The van der Waals surface area contributed by atoms with E-state index in [0.717, 1.165) is 49.7 Å². The number of aryl methyl sites for hydroxylation is 1. The van der Waals surface area contributed by atoms with Gasteiger partial charge in [0, 0.05) is 37.6 Å². The number of hydrogen-bond acceptors (Lipinski definition) is 8. The van der Waals surface area contributed by atoms with E-state index in [4.69, 9.17) is 9.15 Å². The second kappa shape index (κ2) is 11.2. The van der Waals surface area contributed by atoms with Crippen LogP contribution in [0.4, 0.5) is 16.4 Å². The molecule has 10 heteroatoms. The third kappa shape index (κ3) is 6.28. The minimum absolute atomic E-state index is 0.170. The number of nitrogens with zero attached hydrogens (tertiary/aromatic N) is 2. The molecule has 9 nitrogen and oxygen atoms in total. The van der Waals surface area contributed by atoms with Crippen LogP contribution in [0.2, 0.25) is 0 Å². The van der Waals surface area contributed by atoms with Gasteiger partial charge in [-0.3, -0.25) is 9.59 Å². The van der Waals surface area contributed by atoms with Crippen LogP contribution in [0.3, 0.4) is 0 Å². The van der Waals surface area contributed by atoms with E-state index in [-0.39, 0.29) is 5.76 Å². The Kier molecular flexibility index (Phi) is 7.84. The van der Waals surface area contributed by atoms with Crippen molar-refractivity contribution in [3.63, 3.8) is 0 Å². The summed E-state index contributed by atoms with van der Waals surface area (Å²) < 4.78 is 10.3. The molecule has 184 valence electrons. The van der Waals surface area contributed by atoms with Crippen molar-refractivity contribution in [2.75, 3.05) is 54.9 Å². The third-order valence-corrected chi connectivity index (χ3v) is 6.89. The monoisotopic (exact) mass is 496 g/mol. The number of furan rings is 1. The molecule has 1 saturated heterocycles. The second-order valence-corrected chi connectivity index (χ2v) is 9.20. The molecule has 2 amide bonds. The zero-order valence-electron chi connectivity index (χ0n) is 19.7.